The number of nitrogens with one attached hydrogen (secondary N) is 1. The minimum atomic E-state index is -4.75. The Morgan fingerprint density at radius 1 is 0.949 bits per heavy atom. The Kier molecular flexibility index (Phi) is 8.45. The highest BCUT2D eigenvalue weighted by Gasteiger charge is 2.40. The lowest BCUT2D eigenvalue weighted by atomic mass is 9.80. The number of fused-ring (bicyclic) bond motifs is 1. The summed E-state index contributed by atoms with van der Waals surface area (Å²) in [4.78, 5) is 15.8. The number of halogens is 3. The number of hydrogen-bond donors (Lipinski definition) is 3. The normalized spacial score (nSPS) is 15.3. The molecule has 3 aromatic rings. The summed E-state index contributed by atoms with van der Waals surface area (Å²) in [6.07, 6.45) is -3.79. The van der Waals surface area contributed by atoms with Crippen LogP contribution in [-0.4, -0.2) is 63.5 Å². The van der Waals surface area contributed by atoms with Crippen molar-refractivity contribution in [1.82, 2.24) is 4.98 Å². The number of ether oxygens (including phenoxy) is 1. The Labute approximate surface area is 222 Å². The van der Waals surface area contributed by atoms with Gasteiger partial charge in [-0.05, 0) is 42.7 Å². The summed E-state index contributed by atoms with van der Waals surface area (Å²) in [5, 5.41) is 19.8. The van der Waals surface area contributed by atoms with Gasteiger partial charge in [-0.25, -0.2) is 21.8 Å². The van der Waals surface area contributed by atoms with E-state index < -0.39 is 56.3 Å². The molecule has 10 nitrogen and oxygen atoms in total. The number of rotatable bonds is 4. The van der Waals surface area contributed by atoms with Crippen LogP contribution >= 0.6 is 0 Å². The van der Waals surface area contributed by atoms with Gasteiger partial charge in [0.1, 0.15) is 5.56 Å². The van der Waals surface area contributed by atoms with E-state index in [1.807, 2.05) is 0 Å². The fraction of sp³-hybridized carbons (Fsp3) is 0.217. The lowest BCUT2D eigenvalue weighted by molar-refractivity contribution is -0.140. The molecule has 0 saturated heterocycles. The van der Waals surface area contributed by atoms with Crippen LogP contribution < -0.4 is 15.5 Å². The molecule has 0 aliphatic carbocycles. The predicted molar refractivity (Wildman–Crippen MR) is 136 cm³/mol. The van der Waals surface area contributed by atoms with Crippen LogP contribution in [0, 0.1) is 0 Å². The van der Waals surface area contributed by atoms with Crippen molar-refractivity contribution >= 4 is 44.0 Å². The van der Waals surface area contributed by atoms with Crippen molar-refractivity contribution in [2.75, 3.05) is 17.8 Å². The molecule has 208 valence electrons. The van der Waals surface area contributed by atoms with E-state index in [0.29, 0.717) is 0 Å². The molecule has 4 rings (SSSR count). The van der Waals surface area contributed by atoms with Crippen molar-refractivity contribution in [3.8, 4) is 17.0 Å². The second-order valence-electron chi connectivity index (χ2n) is 8.50. The van der Waals surface area contributed by atoms with Gasteiger partial charge in [0.05, 0.1) is 15.5 Å². The first-order valence-corrected chi connectivity index (χ1v) is 14.7. The van der Waals surface area contributed by atoms with Crippen molar-refractivity contribution in [2.45, 2.75) is 29.0 Å². The number of hydrogen-bond acceptors (Lipinski definition) is 9. The quantitative estimate of drug-likeness (QED) is 0.387. The van der Waals surface area contributed by atoms with Crippen LogP contribution in [0.4, 0.5) is 19.0 Å². The van der Waals surface area contributed by atoms with Crippen LogP contribution in [0.2, 0.25) is 0 Å². The zero-order valence-corrected chi connectivity index (χ0v) is 22.2. The second-order valence-corrected chi connectivity index (χ2v) is 12.5. The highest BCUT2D eigenvalue weighted by Crippen LogP contribution is 2.43. The fourth-order valence-corrected chi connectivity index (χ4v) is 4.68. The summed E-state index contributed by atoms with van der Waals surface area (Å²) < 4.78 is 90.9. The first-order chi connectivity index (χ1) is 17.9. The lowest BCUT2D eigenvalue weighted by Gasteiger charge is -2.26. The highest BCUT2D eigenvalue weighted by molar-refractivity contribution is 7.91. The molecule has 2 heterocycles. The van der Waals surface area contributed by atoms with Crippen LogP contribution in [-0.2, 0) is 30.6 Å². The summed E-state index contributed by atoms with van der Waals surface area (Å²) in [6.45, 7) is 1.32. The lowest BCUT2D eigenvalue weighted by Crippen LogP contribution is -2.36. The largest absolute Gasteiger partial charge is 0.488 e. The smallest absolute Gasteiger partial charge is 0.476 e. The minimum Gasteiger partial charge on any atom is -0.476 e. The van der Waals surface area contributed by atoms with Crippen molar-refractivity contribution in [2.24, 2.45) is 0 Å². The van der Waals surface area contributed by atoms with Crippen LogP contribution in [0.25, 0.3) is 11.3 Å². The average molecular weight is 586 g/mol. The molecule has 0 bridgehead atoms. The number of anilines is 1. The zero-order chi connectivity index (χ0) is 29.3. The topological polar surface area (TPSA) is 160 Å². The SMILES string of the molecule is CS(=O)(=O)c1cccc(B(O)O)c1.C[C@H]1Oc2c(C(F)(F)F)cc(-c3cccc(S(C)(=O)=O)c3)nc2NC1=O. The Morgan fingerprint density at radius 2 is 1.51 bits per heavy atom. The summed E-state index contributed by atoms with van der Waals surface area (Å²) in [5.74, 6) is -1.55. The first-order valence-electron chi connectivity index (χ1n) is 10.9. The van der Waals surface area contributed by atoms with Crippen LogP contribution in [0.5, 0.6) is 5.75 Å². The number of carbonyl (C=O) groups is 1. The van der Waals surface area contributed by atoms with Gasteiger partial charge in [0, 0.05) is 18.1 Å². The van der Waals surface area contributed by atoms with Gasteiger partial charge in [-0.2, -0.15) is 13.2 Å². The van der Waals surface area contributed by atoms with Gasteiger partial charge in [0.25, 0.3) is 5.91 Å². The maximum atomic E-state index is 13.4. The van der Waals surface area contributed by atoms with Crippen molar-refractivity contribution in [3.05, 3.63) is 60.2 Å². The van der Waals surface area contributed by atoms with Gasteiger partial charge < -0.3 is 20.1 Å². The third-order valence-electron chi connectivity index (χ3n) is 5.33. The van der Waals surface area contributed by atoms with Crippen molar-refractivity contribution in [1.29, 1.82) is 0 Å². The standard InChI is InChI=1S/C16H13F3N2O4S.C7H9BO4S/c1-8-15(22)21-14-13(25-8)11(16(17,18)19)7-12(20-14)9-4-3-5-10(6-9)26(2,23)24;1-13(11,12)7-4-2-3-6(5-7)8(9)10/h3-8H,1-2H3,(H,20,21,22);2-5,9-10H,1H3/t8-;/m1./s1. The third-order valence-corrected chi connectivity index (χ3v) is 7.55. The van der Waals surface area contributed by atoms with E-state index in [1.54, 1.807) is 0 Å². The molecule has 0 unspecified atom stereocenters. The van der Waals surface area contributed by atoms with Crippen molar-refractivity contribution in [3.63, 3.8) is 0 Å². The van der Waals surface area contributed by atoms with E-state index in [0.717, 1.165) is 18.6 Å². The Bertz CT molecular complexity index is 1630. The molecule has 0 spiro atoms. The van der Waals surface area contributed by atoms with E-state index in [9.17, 15) is 34.8 Å². The maximum Gasteiger partial charge on any atom is 0.488 e. The number of nitrogens with zero attached hydrogens (tertiary/aromatic N) is 1. The first kappa shape index (κ1) is 30.1. The van der Waals surface area contributed by atoms with E-state index in [1.165, 1.54) is 55.5 Å². The number of benzene rings is 2. The molecule has 0 saturated carbocycles. The molecular formula is C23H22BF3N2O8S2. The molecular weight excluding hydrogens is 564 g/mol. The van der Waals surface area contributed by atoms with Gasteiger partial charge in [0.2, 0.25) is 0 Å². The van der Waals surface area contributed by atoms with E-state index >= 15 is 0 Å². The van der Waals surface area contributed by atoms with Crippen LogP contribution in [0.1, 0.15) is 12.5 Å². The molecule has 16 heteroatoms. The molecule has 1 aromatic heterocycles. The number of pyridine rings is 1. The Balaban J connectivity index is 0.000000272. The molecule has 2 aromatic carbocycles. The van der Waals surface area contributed by atoms with E-state index in [-0.39, 0.29) is 32.3 Å². The molecule has 3 N–H and O–H groups in total. The molecule has 1 atom stereocenters. The summed E-state index contributed by atoms with van der Waals surface area (Å²) in [7, 11) is -8.47. The second kappa shape index (κ2) is 11.0. The molecule has 1 aliphatic heterocycles. The van der Waals surface area contributed by atoms with E-state index in [2.05, 4.69) is 10.3 Å². The van der Waals surface area contributed by atoms with Gasteiger partial charge in [-0.1, -0.05) is 24.3 Å². The number of alkyl halides is 3. The molecule has 1 amide bonds. The molecule has 1 aliphatic rings. The maximum absolute atomic E-state index is 13.4. The highest BCUT2D eigenvalue weighted by atomic mass is 32.2. The van der Waals surface area contributed by atoms with Gasteiger partial charge in [-0.3, -0.25) is 4.79 Å². The van der Waals surface area contributed by atoms with Gasteiger partial charge in [0.15, 0.2) is 37.3 Å². The monoisotopic (exact) mass is 586 g/mol. The fourth-order valence-electron chi connectivity index (χ4n) is 3.34. The van der Waals surface area contributed by atoms with Crippen molar-refractivity contribution < 1.29 is 49.6 Å². The number of amides is 1. The van der Waals surface area contributed by atoms with Crippen LogP contribution in [0.3, 0.4) is 0 Å². The van der Waals surface area contributed by atoms with Crippen LogP contribution in [0.15, 0.2) is 64.4 Å². The number of aromatic nitrogens is 1. The number of carbonyl (C=O) groups excluding carboxylic acids is 1. The molecule has 0 radical (unpaired) electrons. The summed E-state index contributed by atoms with van der Waals surface area (Å²) >= 11 is 0. The number of sulfone groups is 2. The van der Waals surface area contributed by atoms with E-state index in [4.69, 9.17) is 14.8 Å². The average Bonchev–Trinajstić information content (AvgIpc) is 2.83. The predicted octanol–water partition coefficient (Wildman–Crippen LogP) is 1.66. The summed E-state index contributed by atoms with van der Waals surface area (Å²) in [6, 6.07) is 11.7. The molecule has 39 heavy (non-hydrogen) atoms. The Hall–Kier alpha value is -3.47. The van der Waals surface area contributed by atoms with Gasteiger partial charge in [-0.15, -0.1) is 0 Å². The summed E-state index contributed by atoms with van der Waals surface area (Å²) in [5.41, 5.74) is -0.911. The molecule has 0 fully saturated rings. The zero-order valence-electron chi connectivity index (χ0n) is 20.6. The van der Waals surface area contributed by atoms with Gasteiger partial charge >= 0.3 is 13.3 Å². The third kappa shape index (κ3) is 7.35. The Morgan fingerprint density at radius 3 is 2.05 bits per heavy atom. The minimum absolute atomic E-state index is 0.0583.